The summed E-state index contributed by atoms with van der Waals surface area (Å²) in [5.41, 5.74) is 1.75. The molecule has 0 N–H and O–H groups in total. The zero-order valence-electron chi connectivity index (χ0n) is 12.5. The van der Waals surface area contributed by atoms with E-state index in [9.17, 15) is 4.79 Å². The van der Waals surface area contributed by atoms with Gasteiger partial charge in [-0.1, -0.05) is 22.9 Å². The van der Waals surface area contributed by atoms with Crippen LogP contribution >= 0.6 is 15.9 Å². The minimum atomic E-state index is -0.0309. The lowest BCUT2D eigenvalue weighted by Crippen LogP contribution is -2.51. The number of nitriles is 1. The maximum atomic E-state index is 12.6. The Hall–Kier alpha value is -1.38. The van der Waals surface area contributed by atoms with E-state index in [1.165, 1.54) is 0 Å². The lowest BCUT2D eigenvalue weighted by molar-refractivity contribution is 0.0604. The van der Waals surface area contributed by atoms with Crippen molar-refractivity contribution in [3.05, 3.63) is 33.8 Å². The first kappa shape index (κ1) is 16.0. The predicted molar refractivity (Wildman–Crippen MR) is 86.0 cm³/mol. The van der Waals surface area contributed by atoms with Gasteiger partial charge in [0, 0.05) is 36.2 Å². The van der Waals surface area contributed by atoms with Crippen molar-refractivity contribution in [1.82, 2.24) is 9.80 Å². The van der Waals surface area contributed by atoms with Gasteiger partial charge < -0.3 is 4.90 Å². The van der Waals surface area contributed by atoms with Gasteiger partial charge in [0.1, 0.15) is 0 Å². The molecule has 21 heavy (non-hydrogen) atoms. The molecule has 2 rings (SSSR count). The fourth-order valence-corrected chi connectivity index (χ4v) is 3.18. The van der Waals surface area contributed by atoms with Crippen LogP contribution < -0.4 is 0 Å². The summed E-state index contributed by atoms with van der Waals surface area (Å²) in [5.74, 6) is 0.0876. The van der Waals surface area contributed by atoms with Crippen LogP contribution in [0.1, 0.15) is 29.3 Å². The number of nitrogens with zero attached hydrogens (tertiary/aromatic N) is 3. The van der Waals surface area contributed by atoms with Gasteiger partial charge in [-0.25, -0.2) is 0 Å². The van der Waals surface area contributed by atoms with Crippen LogP contribution in [0.15, 0.2) is 22.7 Å². The molecule has 1 fully saturated rings. The van der Waals surface area contributed by atoms with Crippen molar-refractivity contribution in [2.24, 2.45) is 0 Å². The van der Waals surface area contributed by atoms with Crippen molar-refractivity contribution < 1.29 is 4.79 Å². The van der Waals surface area contributed by atoms with Crippen molar-refractivity contribution in [1.29, 1.82) is 5.26 Å². The Kier molecular flexibility index (Phi) is 5.38. The number of hydrogen-bond acceptors (Lipinski definition) is 3. The Balaban J connectivity index is 2.02. The molecule has 112 valence electrons. The summed E-state index contributed by atoms with van der Waals surface area (Å²) in [4.78, 5) is 16.6. The molecule has 1 aromatic carbocycles. The molecule has 0 saturated carbocycles. The van der Waals surface area contributed by atoms with Gasteiger partial charge in [-0.05, 0) is 37.1 Å². The monoisotopic (exact) mass is 349 g/mol. The van der Waals surface area contributed by atoms with E-state index in [4.69, 9.17) is 5.26 Å². The van der Waals surface area contributed by atoms with Gasteiger partial charge in [0.15, 0.2) is 0 Å². The molecule has 1 aromatic rings. The van der Waals surface area contributed by atoms with Crippen molar-refractivity contribution in [3.8, 4) is 6.07 Å². The maximum Gasteiger partial charge on any atom is 0.254 e. The molecule has 1 atom stereocenters. The van der Waals surface area contributed by atoms with Gasteiger partial charge in [-0.2, -0.15) is 5.26 Å². The highest BCUT2D eigenvalue weighted by molar-refractivity contribution is 9.10. The average Bonchev–Trinajstić information content (AvgIpc) is 2.48. The fourth-order valence-electron chi connectivity index (χ4n) is 2.71. The van der Waals surface area contributed by atoms with E-state index in [-0.39, 0.29) is 11.9 Å². The number of hydrogen-bond donors (Lipinski definition) is 0. The molecule has 1 saturated heterocycles. The highest BCUT2D eigenvalue weighted by Crippen LogP contribution is 2.18. The first-order valence-electron chi connectivity index (χ1n) is 7.26. The number of halogens is 1. The van der Waals surface area contributed by atoms with Gasteiger partial charge in [0.25, 0.3) is 5.91 Å². The average molecular weight is 350 g/mol. The Morgan fingerprint density at radius 2 is 2.05 bits per heavy atom. The third-order valence-electron chi connectivity index (χ3n) is 4.00. The largest absolute Gasteiger partial charge is 0.336 e. The van der Waals surface area contributed by atoms with Crippen molar-refractivity contribution in [2.75, 3.05) is 26.2 Å². The molecule has 0 aromatic heterocycles. The van der Waals surface area contributed by atoms with Crippen molar-refractivity contribution >= 4 is 21.8 Å². The minimum absolute atomic E-state index is 0.0309. The number of aryl methyl sites for hydroxylation is 1. The molecule has 4 nitrogen and oxygen atoms in total. The van der Waals surface area contributed by atoms with Crippen LogP contribution in [0.25, 0.3) is 0 Å². The van der Waals surface area contributed by atoms with Gasteiger partial charge >= 0.3 is 0 Å². The van der Waals surface area contributed by atoms with E-state index in [0.717, 1.165) is 35.1 Å². The van der Waals surface area contributed by atoms with Crippen LogP contribution in [0.2, 0.25) is 0 Å². The highest BCUT2D eigenvalue weighted by atomic mass is 79.9. The molecule has 0 aliphatic carbocycles. The topological polar surface area (TPSA) is 47.3 Å². The molecule has 5 heteroatoms. The Labute approximate surface area is 134 Å². The van der Waals surface area contributed by atoms with Gasteiger partial charge in [0.2, 0.25) is 0 Å². The summed E-state index contributed by atoms with van der Waals surface area (Å²) in [6.07, 6.45) is 0.830. The second-order valence-corrected chi connectivity index (χ2v) is 6.26. The summed E-state index contributed by atoms with van der Waals surface area (Å²) < 4.78 is 0.987. The second-order valence-electron chi connectivity index (χ2n) is 5.34. The summed E-state index contributed by atoms with van der Waals surface area (Å²) in [6.45, 7) is 6.90. The van der Waals surface area contributed by atoms with Gasteiger partial charge in [0.05, 0.1) is 12.1 Å². The predicted octanol–water partition coefficient (Wildman–Crippen LogP) is 2.82. The zero-order valence-corrected chi connectivity index (χ0v) is 14.1. The number of benzene rings is 1. The lowest BCUT2D eigenvalue weighted by atomic mass is 10.1. The molecule has 1 amide bonds. The number of carbonyl (C=O) groups excluding carboxylic acids is 1. The molecule has 1 unspecified atom stereocenters. The summed E-state index contributed by atoms with van der Waals surface area (Å²) in [5, 5.41) is 9.12. The third-order valence-corrected chi connectivity index (χ3v) is 4.49. The van der Waals surface area contributed by atoms with Crippen molar-refractivity contribution in [2.45, 2.75) is 26.3 Å². The molecule has 1 heterocycles. The van der Waals surface area contributed by atoms with E-state index in [1.807, 2.05) is 36.9 Å². The van der Waals surface area contributed by atoms with Crippen LogP contribution in [-0.4, -0.2) is 47.9 Å². The number of carbonyl (C=O) groups is 1. The quantitative estimate of drug-likeness (QED) is 0.842. The maximum absolute atomic E-state index is 12.6. The van der Waals surface area contributed by atoms with Crippen LogP contribution in [0.4, 0.5) is 0 Å². The van der Waals surface area contributed by atoms with Crippen LogP contribution in [0, 0.1) is 18.3 Å². The third kappa shape index (κ3) is 3.63. The van der Waals surface area contributed by atoms with E-state index >= 15 is 0 Å². The SMILES string of the molecule is CCC(C#N)N1CCN(C(=O)c2ccc(Br)cc2C)CC1. The number of amides is 1. The fraction of sp³-hybridized carbons (Fsp3) is 0.500. The highest BCUT2D eigenvalue weighted by Gasteiger charge is 2.26. The summed E-state index contributed by atoms with van der Waals surface area (Å²) in [7, 11) is 0. The number of piperazine rings is 1. The molecule has 0 radical (unpaired) electrons. The second kappa shape index (κ2) is 7.06. The lowest BCUT2D eigenvalue weighted by Gasteiger charge is -2.36. The van der Waals surface area contributed by atoms with Crippen molar-refractivity contribution in [3.63, 3.8) is 0 Å². The Morgan fingerprint density at radius 1 is 1.38 bits per heavy atom. The zero-order chi connectivity index (χ0) is 15.4. The number of rotatable bonds is 3. The molecule has 1 aliphatic heterocycles. The van der Waals surface area contributed by atoms with Crippen LogP contribution in [-0.2, 0) is 0 Å². The molecular formula is C16H20BrN3O. The normalized spacial score (nSPS) is 17.3. The van der Waals surface area contributed by atoms with Crippen LogP contribution in [0.3, 0.4) is 0 Å². The standard InChI is InChI=1S/C16H20BrN3O/c1-3-14(11-18)19-6-8-20(9-7-19)16(21)15-5-4-13(17)10-12(15)2/h4-5,10,14H,3,6-9H2,1-2H3. The van der Waals surface area contributed by atoms with Gasteiger partial charge in [-0.3, -0.25) is 9.69 Å². The first-order chi connectivity index (χ1) is 10.1. The molecule has 0 spiro atoms. The van der Waals surface area contributed by atoms with E-state index < -0.39 is 0 Å². The van der Waals surface area contributed by atoms with Crippen LogP contribution in [0.5, 0.6) is 0 Å². The Bertz CT molecular complexity index is 559. The summed E-state index contributed by atoms with van der Waals surface area (Å²) in [6, 6.07) is 8.04. The molecule has 0 bridgehead atoms. The van der Waals surface area contributed by atoms with E-state index in [2.05, 4.69) is 26.9 Å². The van der Waals surface area contributed by atoms with E-state index in [0.29, 0.717) is 13.1 Å². The smallest absolute Gasteiger partial charge is 0.254 e. The van der Waals surface area contributed by atoms with Gasteiger partial charge in [-0.15, -0.1) is 0 Å². The van der Waals surface area contributed by atoms with E-state index in [1.54, 1.807) is 0 Å². The first-order valence-corrected chi connectivity index (χ1v) is 8.05. The molecule has 1 aliphatic rings. The minimum Gasteiger partial charge on any atom is -0.336 e. The summed E-state index contributed by atoms with van der Waals surface area (Å²) >= 11 is 3.42. The Morgan fingerprint density at radius 3 is 2.57 bits per heavy atom. The molecular weight excluding hydrogens is 330 g/mol.